The average molecular weight is 275 g/mol. The van der Waals surface area contributed by atoms with E-state index in [4.69, 9.17) is 0 Å². The van der Waals surface area contributed by atoms with Crippen LogP contribution in [-0.4, -0.2) is 37.5 Å². The van der Waals surface area contributed by atoms with Crippen LogP contribution in [0.25, 0.3) is 16.8 Å². The van der Waals surface area contributed by atoms with Crippen LogP contribution in [0.4, 0.5) is 5.69 Å². The molecule has 2 nitrogen and oxygen atoms in total. The second kappa shape index (κ2) is 4.59. The number of nitrogens with zero attached hydrogens (tertiary/aromatic N) is 2. The van der Waals surface area contributed by atoms with E-state index < -0.39 is 0 Å². The third-order valence-electron chi connectivity index (χ3n) is 4.37. The Morgan fingerprint density at radius 3 is 2.52 bits per heavy atom. The third-order valence-corrected chi connectivity index (χ3v) is 4.37. The number of hydrogen-bond acceptors (Lipinski definition) is 1. The summed E-state index contributed by atoms with van der Waals surface area (Å²) in [6.45, 7) is 1.19. The highest BCUT2D eigenvalue weighted by molar-refractivity contribution is 5.99. The molecule has 2 aromatic rings. The number of anilines is 1. The highest BCUT2D eigenvalue weighted by Crippen LogP contribution is 2.30. The first-order valence-electron chi connectivity index (χ1n) is 7.42. The van der Waals surface area contributed by atoms with Gasteiger partial charge in [-0.25, -0.2) is 4.58 Å². The van der Waals surface area contributed by atoms with Gasteiger partial charge in [-0.1, -0.05) is 42.5 Å². The molecule has 0 amide bonds. The molecule has 2 aliphatic rings. The van der Waals surface area contributed by atoms with Gasteiger partial charge in [0.05, 0.1) is 0 Å². The highest BCUT2D eigenvalue weighted by atomic mass is 15.2. The molecule has 104 valence electrons. The Hall–Kier alpha value is -2.35. The molecule has 0 aliphatic carbocycles. The van der Waals surface area contributed by atoms with Gasteiger partial charge in [0, 0.05) is 36.8 Å². The fourth-order valence-corrected chi connectivity index (χ4v) is 3.10. The van der Waals surface area contributed by atoms with E-state index >= 15 is 0 Å². The van der Waals surface area contributed by atoms with Crippen molar-refractivity contribution >= 4 is 28.8 Å². The molecule has 0 aromatic heterocycles. The quantitative estimate of drug-likeness (QED) is 0.615. The van der Waals surface area contributed by atoms with E-state index in [1.807, 2.05) is 0 Å². The first kappa shape index (κ1) is 12.4. The predicted molar refractivity (Wildman–Crippen MR) is 90.4 cm³/mol. The topological polar surface area (TPSA) is 6.25 Å². The molecule has 0 saturated carbocycles. The summed E-state index contributed by atoms with van der Waals surface area (Å²) in [5, 5.41) is 2.62. The predicted octanol–water partition coefficient (Wildman–Crippen LogP) is 3.32. The van der Waals surface area contributed by atoms with Crippen molar-refractivity contribution in [3.05, 3.63) is 59.7 Å². The monoisotopic (exact) mass is 275 g/mol. The van der Waals surface area contributed by atoms with Crippen LogP contribution < -0.4 is 4.90 Å². The average Bonchev–Trinajstić information content (AvgIpc) is 3.17. The molecular formula is C19H19N2+. The van der Waals surface area contributed by atoms with Crippen LogP contribution in [0.3, 0.4) is 0 Å². The molecule has 1 saturated heterocycles. The zero-order chi connectivity index (χ0) is 14.4. The molecular weight excluding hydrogens is 256 g/mol. The van der Waals surface area contributed by atoms with Gasteiger partial charge < -0.3 is 4.90 Å². The number of allylic oxidation sites excluding steroid dienone is 1. The summed E-state index contributed by atoms with van der Waals surface area (Å²) in [6, 6.07) is 13.7. The van der Waals surface area contributed by atoms with Crippen molar-refractivity contribution in [1.82, 2.24) is 0 Å². The molecule has 2 heteroatoms. The lowest BCUT2D eigenvalue weighted by molar-refractivity contribution is -0.343. The minimum atomic E-state index is 0.647. The first-order chi connectivity index (χ1) is 10.2. The summed E-state index contributed by atoms with van der Waals surface area (Å²) in [5.74, 6) is 0. The smallest absolute Gasteiger partial charge is 0.236 e. The summed E-state index contributed by atoms with van der Waals surface area (Å²) in [4.78, 5) is 2.17. The van der Waals surface area contributed by atoms with E-state index in [9.17, 15) is 0 Å². The standard InChI is InChI=1S/C19H19N2/c1-20(2)18-10-9-14(16-5-3-4-6-17(16)18)7-8-15-11-12-21-13-19(15)21/h3-12,19H,13H2,1-2H3/q+1. The Labute approximate surface area is 125 Å². The van der Waals surface area contributed by atoms with Crippen LogP contribution in [0.15, 0.2) is 54.1 Å². The third kappa shape index (κ3) is 2.07. The van der Waals surface area contributed by atoms with Gasteiger partial charge in [0.1, 0.15) is 0 Å². The summed E-state index contributed by atoms with van der Waals surface area (Å²) in [6.07, 6.45) is 8.94. The van der Waals surface area contributed by atoms with E-state index in [2.05, 4.69) is 84.4 Å². The normalized spacial score (nSPS) is 19.6. The van der Waals surface area contributed by atoms with E-state index in [1.165, 1.54) is 34.1 Å². The fourth-order valence-electron chi connectivity index (χ4n) is 3.10. The summed E-state index contributed by atoms with van der Waals surface area (Å²) < 4.78 is 2.35. The molecule has 2 aliphatic heterocycles. The van der Waals surface area contributed by atoms with Gasteiger partial charge in [-0.15, -0.1) is 0 Å². The summed E-state index contributed by atoms with van der Waals surface area (Å²) in [7, 11) is 4.19. The second-order valence-electron chi connectivity index (χ2n) is 5.98. The van der Waals surface area contributed by atoms with Crippen molar-refractivity contribution < 1.29 is 4.58 Å². The van der Waals surface area contributed by atoms with Crippen molar-refractivity contribution in [1.29, 1.82) is 0 Å². The van der Waals surface area contributed by atoms with Crippen LogP contribution in [0.1, 0.15) is 5.56 Å². The van der Waals surface area contributed by atoms with E-state index in [1.54, 1.807) is 0 Å². The minimum absolute atomic E-state index is 0.647. The summed E-state index contributed by atoms with van der Waals surface area (Å²) in [5.41, 5.74) is 3.98. The lowest BCUT2D eigenvalue weighted by Gasteiger charge is -2.16. The van der Waals surface area contributed by atoms with Crippen molar-refractivity contribution in [2.45, 2.75) is 6.04 Å². The van der Waals surface area contributed by atoms with Crippen LogP contribution in [0.2, 0.25) is 0 Å². The molecule has 2 aromatic carbocycles. The highest BCUT2D eigenvalue weighted by Gasteiger charge is 2.45. The van der Waals surface area contributed by atoms with Gasteiger partial charge in [-0.3, -0.25) is 0 Å². The van der Waals surface area contributed by atoms with Gasteiger partial charge in [-0.2, -0.15) is 0 Å². The molecule has 2 heterocycles. The second-order valence-corrected chi connectivity index (χ2v) is 5.98. The molecule has 0 bridgehead atoms. The Balaban J connectivity index is 1.76. The lowest BCUT2D eigenvalue weighted by atomic mass is 10.0. The lowest BCUT2D eigenvalue weighted by Crippen LogP contribution is -2.09. The molecule has 1 unspecified atom stereocenters. The molecule has 1 atom stereocenters. The van der Waals surface area contributed by atoms with Gasteiger partial charge in [-0.05, 0) is 17.0 Å². The number of fused-ring (bicyclic) bond motifs is 2. The van der Waals surface area contributed by atoms with Crippen molar-refractivity contribution in [3.8, 4) is 0 Å². The summed E-state index contributed by atoms with van der Waals surface area (Å²) >= 11 is 0. The van der Waals surface area contributed by atoms with Gasteiger partial charge in [0.2, 0.25) is 12.6 Å². The van der Waals surface area contributed by atoms with Crippen LogP contribution in [0.5, 0.6) is 0 Å². The van der Waals surface area contributed by atoms with Gasteiger partial charge in [0.25, 0.3) is 0 Å². The van der Waals surface area contributed by atoms with E-state index in [0.29, 0.717) is 6.04 Å². The maximum atomic E-state index is 2.35. The van der Waals surface area contributed by atoms with E-state index in [0.717, 1.165) is 0 Å². The SMILES string of the molecule is CN(C)c1ccc(/C=C/C2=CC=[N+]3CC23)c2ccccc12. The fraction of sp³-hybridized carbons (Fsp3) is 0.211. The van der Waals surface area contributed by atoms with Crippen molar-refractivity contribution in [2.24, 2.45) is 0 Å². The van der Waals surface area contributed by atoms with Gasteiger partial charge in [0.15, 0.2) is 6.21 Å². The number of rotatable bonds is 3. The van der Waals surface area contributed by atoms with Crippen molar-refractivity contribution in [3.63, 3.8) is 0 Å². The molecule has 0 N–H and O–H groups in total. The molecule has 1 fully saturated rings. The van der Waals surface area contributed by atoms with Crippen LogP contribution in [-0.2, 0) is 0 Å². The first-order valence-corrected chi connectivity index (χ1v) is 7.42. The Morgan fingerprint density at radius 1 is 1.05 bits per heavy atom. The Kier molecular flexibility index (Phi) is 2.71. The minimum Gasteiger partial charge on any atom is -0.377 e. The molecule has 21 heavy (non-hydrogen) atoms. The Morgan fingerprint density at radius 2 is 1.86 bits per heavy atom. The maximum Gasteiger partial charge on any atom is 0.236 e. The molecule has 4 rings (SSSR count). The van der Waals surface area contributed by atoms with Crippen molar-refractivity contribution in [2.75, 3.05) is 25.5 Å². The van der Waals surface area contributed by atoms with Crippen LogP contribution in [0, 0.1) is 0 Å². The molecule has 0 radical (unpaired) electrons. The molecule has 0 spiro atoms. The van der Waals surface area contributed by atoms with Crippen LogP contribution >= 0.6 is 0 Å². The number of benzene rings is 2. The van der Waals surface area contributed by atoms with E-state index in [-0.39, 0.29) is 0 Å². The largest absolute Gasteiger partial charge is 0.377 e. The van der Waals surface area contributed by atoms with Gasteiger partial charge >= 0.3 is 0 Å². The zero-order valence-electron chi connectivity index (χ0n) is 12.5. The Bertz CT molecular complexity index is 809. The maximum absolute atomic E-state index is 2.35. The number of hydrogen-bond donors (Lipinski definition) is 0. The zero-order valence-corrected chi connectivity index (χ0v) is 12.5.